The van der Waals surface area contributed by atoms with Crippen molar-refractivity contribution in [2.45, 2.75) is 19.4 Å². The Kier molecular flexibility index (Phi) is 3.75. The van der Waals surface area contributed by atoms with Gasteiger partial charge in [0.15, 0.2) is 0 Å². The zero-order valence-electron chi connectivity index (χ0n) is 13.0. The van der Waals surface area contributed by atoms with Gasteiger partial charge in [-0.25, -0.2) is 9.97 Å². The van der Waals surface area contributed by atoms with Gasteiger partial charge in [-0.2, -0.15) is 0 Å². The summed E-state index contributed by atoms with van der Waals surface area (Å²) in [7, 11) is 0. The van der Waals surface area contributed by atoms with Crippen LogP contribution in [-0.4, -0.2) is 34.3 Å². The van der Waals surface area contributed by atoms with Crippen LogP contribution in [0, 0.1) is 5.92 Å². The highest BCUT2D eigenvalue weighted by Crippen LogP contribution is 2.40. The van der Waals surface area contributed by atoms with Crippen molar-refractivity contribution < 1.29 is 5.11 Å². The van der Waals surface area contributed by atoms with Gasteiger partial charge in [-0.1, -0.05) is 30.3 Å². The highest BCUT2D eigenvalue weighted by atomic mass is 32.1. The Balaban J connectivity index is 1.86. The Labute approximate surface area is 139 Å². The number of hydrogen-bond acceptors (Lipinski definition) is 5. The van der Waals surface area contributed by atoms with E-state index in [2.05, 4.69) is 51.4 Å². The molecule has 4 rings (SSSR count). The second kappa shape index (κ2) is 5.91. The third-order valence-corrected chi connectivity index (χ3v) is 5.51. The first-order chi connectivity index (χ1) is 11.3. The number of fused-ring (bicyclic) bond motifs is 1. The molecule has 0 saturated carbocycles. The lowest BCUT2D eigenvalue weighted by atomic mass is 10.1. The van der Waals surface area contributed by atoms with E-state index in [0.717, 1.165) is 29.0 Å². The molecule has 3 heterocycles. The van der Waals surface area contributed by atoms with Crippen molar-refractivity contribution in [3.63, 3.8) is 0 Å². The summed E-state index contributed by atoms with van der Waals surface area (Å²) >= 11 is 1.66. The minimum atomic E-state index is 0.240. The maximum Gasteiger partial charge on any atom is 0.141 e. The molecule has 1 fully saturated rings. The van der Waals surface area contributed by atoms with Crippen molar-refractivity contribution in [3.05, 3.63) is 42.0 Å². The molecule has 1 saturated heterocycles. The number of rotatable bonds is 3. The Morgan fingerprint density at radius 3 is 2.83 bits per heavy atom. The zero-order chi connectivity index (χ0) is 15.8. The SMILES string of the molecule is CC1CC(CO)CN1c1ncnc2scc(-c3ccccc3)c12. The van der Waals surface area contributed by atoms with E-state index in [4.69, 9.17) is 0 Å². The molecule has 0 aliphatic carbocycles. The van der Waals surface area contributed by atoms with Gasteiger partial charge in [-0.15, -0.1) is 11.3 Å². The van der Waals surface area contributed by atoms with Gasteiger partial charge in [-0.05, 0) is 18.9 Å². The number of aromatic nitrogens is 2. The van der Waals surface area contributed by atoms with Crippen molar-refractivity contribution in [2.75, 3.05) is 18.1 Å². The number of anilines is 1. The van der Waals surface area contributed by atoms with Crippen LogP contribution in [-0.2, 0) is 0 Å². The Bertz CT molecular complexity index is 818. The molecule has 2 atom stereocenters. The maximum absolute atomic E-state index is 9.50. The number of benzene rings is 1. The number of aliphatic hydroxyl groups excluding tert-OH is 1. The maximum atomic E-state index is 9.50. The Morgan fingerprint density at radius 2 is 2.09 bits per heavy atom. The molecule has 0 radical (unpaired) electrons. The van der Waals surface area contributed by atoms with Crippen LogP contribution >= 0.6 is 11.3 Å². The van der Waals surface area contributed by atoms with Crippen LogP contribution in [0.2, 0.25) is 0 Å². The van der Waals surface area contributed by atoms with Crippen molar-refractivity contribution >= 4 is 27.4 Å². The van der Waals surface area contributed by atoms with Crippen molar-refractivity contribution in [3.8, 4) is 11.1 Å². The fourth-order valence-corrected chi connectivity index (χ4v) is 4.39. The summed E-state index contributed by atoms with van der Waals surface area (Å²) in [5.41, 5.74) is 2.39. The second-order valence-electron chi connectivity index (χ2n) is 6.18. The molecule has 1 aromatic carbocycles. The summed E-state index contributed by atoms with van der Waals surface area (Å²) < 4.78 is 0. The topological polar surface area (TPSA) is 49.2 Å². The van der Waals surface area contributed by atoms with E-state index < -0.39 is 0 Å². The monoisotopic (exact) mass is 325 g/mol. The van der Waals surface area contributed by atoms with Gasteiger partial charge in [0.25, 0.3) is 0 Å². The summed E-state index contributed by atoms with van der Waals surface area (Å²) in [5.74, 6) is 1.33. The molecule has 2 unspecified atom stereocenters. The van der Waals surface area contributed by atoms with Gasteiger partial charge in [0.2, 0.25) is 0 Å². The smallest absolute Gasteiger partial charge is 0.141 e. The van der Waals surface area contributed by atoms with Crippen molar-refractivity contribution in [2.24, 2.45) is 5.92 Å². The first-order valence-corrected chi connectivity index (χ1v) is 8.81. The minimum Gasteiger partial charge on any atom is -0.396 e. The van der Waals surface area contributed by atoms with Crippen LogP contribution in [0.5, 0.6) is 0 Å². The van der Waals surface area contributed by atoms with Crippen molar-refractivity contribution in [1.29, 1.82) is 0 Å². The highest BCUT2D eigenvalue weighted by molar-refractivity contribution is 7.17. The Hall–Kier alpha value is -1.98. The first-order valence-electron chi connectivity index (χ1n) is 7.93. The molecular weight excluding hydrogens is 306 g/mol. The van der Waals surface area contributed by atoms with Gasteiger partial charge in [0.1, 0.15) is 17.0 Å². The minimum absolute atomic E-state index is 0.240. The highest BCUT2D eigenvalue weighted by Gasteiger charge is 2.31. The van der Waals surface area contributed by atoms with E-state index in [0.29, 0.717) is 12.0 Å². The van der Waals surface area contributed by atoms with Crippen LogP contribution in [0.25, 0.3) is 21.3 Å². The normalized spacial score (nSPS) is 21.2. The fraction of sp³-hybridized carbons (Fsp3) is 0.333. The molecule has 23 heavy (non-hydrogen) atoms. The van der Waals surface area contributed by atoms with E-state index in [-0.39, 0.29) is 6.61 Å². The molecule has 2 aromatic heterocycles. The average molecular weight is 325 g/mol. The lowest BCUT2D eigenvalue weighted by molar-refractivity contribution is 0.236. The molecule has 1 N–H and O–H groups in total. The average Bonchev–Trinajstić information content (AvgIpc) is 3.19. The number of aliphatic hydroxyl groups is 1. The van der Waals surface area contributed by atoms with Gasteiger partial charge in [0, 0.05) is 36.1 Å². The third kappa shape index (κ3) is 2.50. The van der Waals surface area contributed by atoms with E-state index >= 15 is 0 Å². The molecule has 1 aliphatic rings. The predicted molar refractivity (Wildman–Crippen MR) is 94.9 cm³/mol. The fourth-order valence-electron chi connectivity index (χ4n) is 3.48. The summed E-state index contributed by atoms with van der Waals surface area (Å²) in [6, 6.07) is 10.8. The van der Waals surface area contributed by atoms with Crippen molar-refractivity contribution in [1.82, 2.24) is 9.97 Å². The molecule has 3 aromatic rings. The molecule has 5 heteroatoms. The largest absolute Gasteiger partial charge is 0.396 e. The molecule has 4 nitrogen and oxygen atoms in total. The van der Waals surface area contributed by atoms with Gasteiger partial charge < -0.3 is 10.0 Å². The number of hydrogen-bond donors (Lipinski definition) is 1. The second-order valence-corrected chi connectivity index (χ2v) is 7.04. The van der Waals surface area contributed by atoms with Crippen LogP contribution in [0.15, 0.2) is 42.0 Å². The summed E-state index contributed by atoms with van der Waals surface area (Å²) in [6.45, 7) is 3.30. The molecule has 1 aliphatic heterocycles. The van der Waals surface area contributed by atoms with E-state index in [1.807, 2.05) is 6.07 Å². The lowest BCUT2D eigenvalue weighted by Crippen LogP contribution is -2.28. The van der Waals surface area contributed by atoms with E-state index in [9.17, 15) is 5.11 Å². The summed E-state index contributed by atoms with van der Waals surface area (Å²) in [6.07, 6.45) is 2.66. The predicted octanol–water partition coefficient (Wildman–Crippen LogP) is 3.57. The third-order valence-electron chi connectivity index (χ3n) is 4.63. The quantitative estimate of drug-likeness (QED) is 0.800. The van der Waals surface area contributed by atoms with Crippen LogP contribution in [0.4, 0.5) is 5.82 Å². The van der Waals surface area contributed by atoms with Gasteiger partial charge in [-0.3, -0.25) is 0 Å². The standard InChI is InChI=1S/C18H19N3OS/c1-12-7-13(9-22)8-21(12)17-16-15(14-5-3-2-4-6-14)10-23-18(16)20-11-19-17/h2-6,10-13,22H,7-9H2,1H3. The molecule has 0 bridgehead atoms. The van der Waals surface area contributed by atoms with Crippen LogP contribution in [0.3, 0.4) is 0 Å². The van der Waals surface area contributed by atoms with Gasteiger partial charge >= 0.3 is 0 Å². The van der Waals surface area contributed by atoms with E-state index in [1.54, 1.807) is 17.7 Å². The number of nitrogens with zero attached hydrogens (tertiary/aromatic N) is 3. The van der Waals surface area contributed by atoms with Crippen LogP contribution in [0.1, 0.15) is 13.3 Å². The Morgan fingerprint density at radius 1 is 1.26 bits per heavy atom. The van der Waals surface area contributed by atoms with E-state index in [1.165, 1.54) is 11.1 Å². The summed E-state index contributed by atoms with van der Waals surface area (Å²) in [5, 5.41) is 12.8. The first kappa shape index (κ1) is 14.6. The van der Waals surface area contributed by atoms with Crippen LogP contribution < -0.4 is 4.90 Å². The molecule has 0 amide bonds. The van der Waals surface area contributed by atoms with Gasteiger partial charge in [0.05, 0.1) is 5.39 Å². The number of thiophene rings is 1. The molecule has 0 spiro atoms. The molecule has 118 valence electrons. The lowest BCUT2D eigenvalue weighted by Gasteiger charge is -2.23. The summed E-state index contributed by atoms with van der Waals surface area (Å²) in [4.78, 5) is 12.4. The molecular formula is C18H19N3OS. The zero-order valence-corrected chi connectivity index (χ0v) is 13.8.